The molecule has 0 saturated carbocycles. The zero-order valence-electron chi connectivity index (χ0n) is 23.3. The number of nitrogens with zero attached hydrogens (tertiary/aromatic N) is 3. The molecular weight excluding hydrogens is 530 g/mol. The van der Waals surface area contributed by atoms with E-state index in [4.69, 9.17) is 9.47 Å². The number of aromatic amines is 1. The number of anilines is 3. The van der Waals surface area contributed by atoms with E-state index in [0.717, 1.165) is 37.9 Å². The smallest absolute Gasteiger partial charge is 0.258 e. The third kappa shape index (κ3) is 6.93. The highest BCUT2D eigenvalue weighted by Crippen LogP contribution is 2.29. The third-order valence-electron chi connectivity index (χ3n) is 7.03. The van der Waals surface area contributed by atoms with Crippen molar-refractivity contribution in [3.63, 3.8) is 0 Å². The maximum atomic E-state index is 13.5. The lowest BCUT2D eigenvalue weighted by atomic mass is 10.1. The number of carbonyl (C=O) groups is 1. The highest BCUT2D eigenvalue weighted by molar-refractivity contribution is 6.11. The van der Waals surface area contributed by atoms with E-state index in [1.807, 2.05) is 25.1 Å². The van der Waals surface area contributed by atoms with E-state index in [-0.39, 0.29) is 18.6 Å². The predicted octanol–water partition coefficient (Wildman–Crippen LogP) is 4.87. The number of nitrogens with one attached hydrogen (secondary N) is 3. The van der Waals surface area contributed by atoms with Crippen molar-refractivity contribution in [3.8, 4) is 5.75 Å². The van der Waals surface area contributed by atoms with E-state index in [0.29, 0.717) is 45.9 Å². The van der Waals surface area contributed by atoms with Crippen molar-refractivity contribution in [1.29, 1.82) is 0 Å². The van der Waals surface area contributed by atoms with E-state index in [1.165, 1.54) is 12.1 Å². The van der Waals surface area contributed by atoms with Gasteiger partial charge in [-0.05, 0) is 68.1 Å². The van der Waals surface area contributed by atoms with Crippen LogP contribution in [-0.4, -0.2) is 74.0 Å². The van der Waals surface area contributed by atoms with E-state index in [2.05, 4.69) is 37.7 Å². The fourth-order valence-corrected chi connectivity index (χ4v) is 4.88. The lowest BCUT2D eigenvalue weighted by Crippen LogP contribution is -2.44. The molecule has 1 fully saturated rings. The Bertz CT molecular complexity index is 1500. The lowest BCUT2D eigenvalue weighted by Gasteiger charge is -2.34. The van der Waals surface area contributed by atoms with Crippen LogP contribution in [0, 0.1) is 11.6 Å². The Morgan fingerprint density at radius 3 is 2.54 bits per heavy atom. The molecule has 0 bridgehead atoms. The van der Waals surface area contributed by atoms with Gasteiger partial charge in [-0.25, -0.2) is 8.78 Å². The van der Waals surface area contributed by atoms with Gasteiger partial charge in [0, 0.05) is 62.2 Å². The molecule has 5 rings (SSSR count). The van der Waals surface area contributed by atoms with Gasteiger partial charge >= 0.3 is 0 Å². The van der Waals surface area contributed by atoms with Gasteiger partial charge in [0.25, 0.3) is 5.91 Å². The van der Waals surface area contributed by atoms with E-state index in [9.17, 15) is 13.6 Å². The zero-order chi connectivity index (χ0) is 28.9. The molecule has 1 aliphatic rings. The molecule has 1 saturated heterocycles. The second kappa shape index (κ2) is 12.5. The predicted molar refractivity (Wildman–Crippen MR) is 156 cm³/mol. The summed E-state index contributed by atoms with van der Waals surface area (Å²) in [5, 5.41) is 14.2. The first kappa shape index (κ1) is 28.3. The van der Waals surface area contributed by atoms with Gasteiger partial charge in [0.15, 0.2) is 5.82 Å². The molecule has 0 spiro atoms. The molecule has 1 aliphatic heterocycles. The van der Waals surface area contributed by atoms with Gasteiger partial charge in [0.2, 0.25) is 0 Å². The number of rotatable bonds is 10. The van der Waals surface area contributed by atoms with Gasteiger partial charge in [-0.15, -0.1) is 0 Å². The molecule has 3 N–H and O–H groups in total. The molecule has 1 atom stereocenters. The van der Waals surface area contributed by atoms with Crippen molar-refractivity contribution in [1.82, 2.24) is 15.1 Å². The van der Waals surface area contributed by atoms with E-state index >= 15 is 0 Å². The van der Waals surface area contributed by atoms with Gasteiger partial charge < -0.3 is 29.9 Å². The van der Waals surface area contributed by atoms with Crippen molar-refractivity contribution < 1.29 is 23.0 Å². The number of halogens is 2. The van der Waals surface area contributed by atoms with Crippen molar-refractivity contribution in [2.24, 2.45) is 0 Å². The van der Waals surface area contributed by atoms with E-state index in [1.54, 1.807) is 25.3 Å². The minimum atomic E-state index is -0.666. The van der Waals surface area contributed by atoms with Crippen molar-refractivity contribution in [2.45, 2.75) is 19.6 Å². The number of hydrogen-bond donors (Lipinski definition) is 3. The molecule has 4 aromatic rings. The van der Waals surface area contributed by atoms with Gasteiger partial charge in [-0.2, -0.15) is 5.10 Å². The molecule has 3 aromatic carbocycles. The van der Waals surface area contributed by atoms with Crippen LogP contribution in [0.4, 0.5) is 26.0 Å². The van der Waals surface area contributed by atoms with Gasteiger partial charge in [0.1, 0.15) is 24.0 Å². The molecule has 9 nitrogen and oxygen atoms in total. The summed E-state index contributed by atoms with van der Waals surface area (Å²) in [6, 6.07) is 14.3. The first-order valence-electron chi connectivity index (χ1n) is 13.5. The Hall–Kier alpha value is -4.22. The highest BCUT2D eigenvalue weighted by atomic mass is 19.1. The number of methoxy groups -OCH3 is 1. The van der Waals surface area contributed by atoms with Crippen LogP contribution in [0.2, 0.25) is 0 Å². The SMILES string of the molecule is COCC(C)Nc1cc(N2CCN(C)CC2)ccc1C(=O)Nc1n[nH]c2ccc(OCc3cc(F)cc(F)c3)cc12. The largest absolute Gasteiger partial charge is 0.489 e. The molecule has 11 heteroatoms. The summed E-state index contributed by atoms with van der Waals surface area (Å²) in [7, 11) is 3.76. The van der Waals surface area contributed by atoms with Crippen LogP contribution in [0.25, 0.3) is 10.9 Å². The number of aromatic nitrogens is 2. The van der Waals surface area contributed by atoms with Crippen LogP contribution >= 0.6 is 0 Å². The summed E-state index contributed by atoms with van der Waals surface area (Å²) in [6.45, 7) is 6.22. The average Bonchev–Trinajstić information content (AvgIpc) is 3.33. The summed E-state index contributed by atoms with van der Waals surface area (Å²) in [5.74, 6) is -0.850. The van der Waals surface area contributed by atoms with Crippen LogP contribution in [0.3, 0.4) is 0 Å². The van der Waals surface area contributed by atoms with E-state index < -0.39 is 11.6 Å². The van der Waals surface area contributed by atoms with Crippen LogP contribution in [0.15, 0.2) is 54.6 Å². The Morgan fingerprint density at radius 1 is 1.05 bits per heavy atom. The number of H-pyrrole nitrogens is 1. The first-order valence-corrected chi connectivity index (χ1v) is 13.5. The number of fused-ring (bicyclic) bond motifs is 1. The first-order chi connectivity index (χ1) is 19.8. The quantitative estimate of drug-likeness (QED) is 0.253. The minimum Gasteiger partial charge on any atom is -0.489 e. The lowest BCUT2D eigenvalue weighted by molar-refractivity contribution is 0.102. The molecular formula is C30H34F2N6O3. The summed E-state index contributed by atoms with van der Waals surface area (Å²) < 4.78 is 38.1. The van der Waals surface area contributed by atoms with Crippen LogP contribution < -0.4 is 20.3 Å². The average molecular weight is 565 g/mol. The maximum Gasteiger partial charge on any atom is 0.258 e. The topological polar surface area (TPSA) is 94.8 Å². The van der Waals surface area contributed by atoms with Gasteiger partial charge in [-0.3, -0.25) is 9.89 Å². The third-order valence-corrected chi connectivity index (χ3v) is 7.03. The number of benzene rings is 3. The summed E-state index contributed by atoms with van der Waals surface area (Å²) in [4.78, 5) is 18.2. The molecule has 0 radical (unpaired) electrons. The van der Waals surface area contributed by atoms with Crippen molar-refractivity contribution in [3.05, 3.63) is 77.4 Å². The molecule has 2 heterocycles. The highest BCUT2D eigenvalue weighted by Gasteiger charge is 2.20. The second-order valence-corrected chi connectivity index (χ2v) is 10.3. The minimum absolute atomic E-state index is 0.0198. The number of ether oxygens (including phenoxy) is 2. The molecule has 1 amide bonds. The maximum absolute atomic E-state index is 13.5. The van der Waals surface area contributed by atoms with Crippen molar-refractivity contribution in [2.75, 3.05) is 62.5 Å². The Balaban J connectivity index is 1.36. The Morgan fingerprint density at radius 2 is 1.80 bits per heavy atom. The molecule has 1 aromatic heterocycles. The Labute approximate surface area is 237 Å². The Kier molecular flexibility index (Phi) is 8.65. The number of piperazine rings is 1. The van der Waals surface area contributed by atoms with Crippen molar-refractivity contribution >= 4 is 34.0 Å². The monoisotopic (exact) mass is 564 g/mol. The molecule has 1 unspecified atom stereocenters. The number of hydrogen-bond acceptors (Lipinski definition) is 7. The number of carbonyl (C=O) groups excluding carboxylic acids is 1. The van der Waals surface area contributed by atoms with Crippen LogP contribution in [-0.2, 0) is 11.3 Å². The fourth-order valence-electron chi connectivity index (χ4n) is 4.88. The van der Waals surface area contributed by atoms with Crippen LogP contribution in [0.1, 0.15) is 22.8 Å². The van der Waals surface area contributed by atoms with Crippen LogP contribution in [0.5, 0.6) is 5.75 Å². The summed E-state index contributed by atoms with van der Waals surface area (Å²) in [5.41, 5.74) is 3.29. The number of amides is 1. The second-order valence-electron chi connectivity index (χ2n) is 10.3. The zero-order valence-corrected chi connectivity index (χ0v) is 23.3. The molecule has 0 aliphatic carbocycles. The number of likely N-dealkylation sites (N-methyl/N-ethyl adjacent to an activating group) is 1. The normalized spacial score (nSPS) is 14.7. The molecule has 216 valence electrons. The standard InChI is InChI=1S/C30H34F2N6O3/c1-19(17-40-3)33-28-15-23(38-10-8-37(2)9-11-38)4-6-25(28)30(39)34-29-26-16-24(5-7-27(26)35-36-29)41-18-20-12-21(31)14-22(32)13-20/h4-7,12-16,19,33H,8-11,17-18H2,1-3H3,(H2,34,35,36,39). The summed E-state index contributed by atoms with van der Waals surface area (Å²) >= 11 is 0. The summed E-state index contributed by atoms with van der Waals surface area (Å²) in [6.07, 6.45) is 0. The molecule has 41 heavy (non-hydrogen) atoms. The van der Waals surface area contributed by atoms with Gasteiger partial charge in [-0.1, -0.05) is 0 Å². The fraction of sp³-hybridized carbons (Fsp3) is 0.333. The van der Waals surface area contributed by atoms with Gasteiger partial charge in [0.05, 0.1) is 17.7 Å².